The Balaban J connectivity index is 1.31. The van der Waals surface area contributed by atoms with Crippen LogP contribution < -0.4 is 10.1 Å². The number of nitrogens with one attached hydrogen (secondary N) is 1. The Bertz CT molecular complexity index is 1250. The minimum atomic E-state index is -0.531. The van der Waals surface area contributed by atoms with Crippen LogP contribution in [0.4, 0.5) is 4.79 Å². The Morgan fingerprint density at radius 3 is 2.79 bits per heavy atom. The lowest BCUT2D eigenvalue weighted by molar-refractivity contribution is 0.0699. The van der Waals surface area contributed by atoms with Crippen molar-refractivity contribution in [3.63, 3.8) is 0 Å². The van der Waals surface area contributed by atoms with Crippen LogP contribution in [0.2, 0.25) is 0 Å². The van der Waals surface area contributed by atoms with Crippen molar-refractivity contribution >= 4 is 23.3 Å². The molecule has 1 aliphatic carbocycles. The van der Waals surface area contributed by atoms with Gasteiger partial charge in [0.25, 0.3) is 5.91 Å². The zero-order chi connectivity index (χ0) is 24.0. The number of fused-ring (bicyclic) bond motifs is 1. The summed E-state index contributed by atoms with van der Waals surface area (Å²) in [6.45, 7) is 9.46. The van der Waals surface area contributed by atoms with E-state index in [2.05, 4.69) is 15.4 Å². The highest BCUT2D eigenvalue weighted by molar-refractivity contribution is 7.15. The van der Waals surface area contributed by atoms with E-state index in [1.807, 2.05) is 56.9 Å². The van der Waals surface area contributed by atoms with Crippen LogP contribution in [0, 0.1) is 32.6 Å². The molecule has 5 rings (SSSR count). The Kier molecular flexibility index (Phi) is 5.89. The predicted octanol–water partition coefficient (Wildman–Crippen LogP) is 4.20. The molecule has 0 unspecified atom stereocenters. The third-order valence-electron chi connectivity index (χ3n) is 6.71. The first-order valence-electron chi connectivity index (χ1n) is 11.7. The van der Waals surface area contributed by atoms with Crippen molar-refractivity contribution in [1.82, 2.24) is 25.0 Å². The molecule has 178 valence electrons. The van der Waals surface area contributed by atoms with Gasteiger partial charge in [-0.15, -0.1) is 11.3 Å². The van der Waals surface area contributed by atoms with Gasteiger partial charge in [0.1, 0.15) is 5.69 Å². The number of rotatable bonds is 6. The van der Waals surface area contributed by atoms with Gasteiger partial charge in [0.2, 0.25) is 5.88 Å². The van der Waals surface area contributed by atoms with Gasteiger partial charge in [0.05, 0.1) is 21.6 Å². The number of likely N-dealkylation sites (tertiary alicyclic amines) is 1. The average molecular weight is 480 g/mol. The zero-order valence-corrected chi connectivity index (χ0v) is 20.7. The fourth-order valence-corrected chi connectivity index (χ4v) is 5.94. The fourth-order valence-electron chi connectivity index (χ4n) is 4.93. The SMILES string of the molecule is CCn1nc(C)cc1OC(=O)NC[C@@H]1[C@H]2C[C@H]2CN1C(=O)c1nc(C)sc1-c1ccccc1C. The van der Waals surface area contributed by atoms with Gasteiger partial charge in [-0.3, -0.25) is 4.79 Å². The minimum absolute atomic E-state index is 0.0605. The zero-order valence-electron chi connectivity index (χ0n) is 19.9. The summed E-state index contributed by atoms with van der Waals surface area (Å²) in [7, 11) is 0. The second-order valence-electron chi connectivity index (χ2n) is 9.12. The molecule has 3 atom stereocenters. The highest BCUT2D eigenvalue weighted by Gasteiger charge is 2.54. The summed E-state index contributed by atoms with van der Waals surface area (Å²) >= 11 is 1.55. The van der Waals surface area contributed by atoms with E-state index in [1.54, 1.807) is 22.1 Å². The van der Waals surface area contributed by atoms with Gasteiger partial charge in [0.15, 0.2) is 0 Å². The smallest absolute Gasteiger partial charge is 0.392 e. The first-order chi connectivity index (χ1) is 16.4. The number of benzene rings is 1. The number of piperidine rings is 1. The van der Waals surface area contributed by atoms with Crippen molar-refractivity contribution in [2.75, 3.05) is 13.1 Å². The first-order valence-corrected chi connectivity index (χ1v) is 12.5. The molecule has 34 heavy (non-hydrogen) atoms. The maximum Gasteiger partial charge on any atom is 0.414 e. The monoisotopic (exact) mass is 479 g/mol. The summed E-state index contributed by atoms with van der Waals surface area (Å²) in [5, 5.41) is 8.04. The fraction of sp³-hybridized carbons (Fsp3) is 0.440. The Labute approximate surface area is 202 Å². The minimum Gasteiger partial charge on any atom is -0.392 e. The van der Waals surface area contributed by atoms with Gasteiger partial charge in [0, 0.05) is 25.7 Å². The quantitative estimate of drug-likeness (QED) is 0.572. The van der Waals surface area contributed by atoms with Crippen LogP contribution in [0.15, 0.2) is 30.3 Å². The van der Waals surface area contributed by atoms with Crippen molar-refractivity contribution in [2.45, 2.75) is 46.7 Å². The maximum absolute atomic E-state index is 13.7. The normalized spacial score (nSPS) is 20.8. The number of hydrogen-bond acceptors (Lipinski definition) is 6. The molecule has 3 heterocycles. The van der Waals surface area contributed by atoms with Gasteiger partial charge < -0.3 is 15.0 Å². The number of aryl methyl sites for hydroxylation is 4. The van der Waals surface area contributed by atoms with Crippen LogP contribution in [0.25, 0.3) is 10.4 Å². The van der Waals surface area contributed by atoms with E-state index in [0.29, 0.717) is 43.0 Å². The van der Waals surface area contributed by atoms with E-state index in [1.165, 1.54) is 0 Å². The Morgan fingerprint density at radius 2 is 2.03 bits per heavy atom. The van der Waals surface area contributed by atoms with Crippen molar-refractivity contribution in [2.24, 2.45) is 11.8 Å². The summed E-state index contributed by atoms with van der Waals surface area (Å²) in [4.78, 5) is 33.6. The number of amides is 2. The van der Waals surface area contributed by atoms with Crippen LogP contribution in [-0.4, -0.2) is 50.8 Å². The summed E-state index contributed by atoms with van der Waals surface area (Å²) in [6.07, 6.45) is 0.560. The van der Waals surface area contributed by atoms with Crippen molar-refractivity contribution in [1.29, 1.82) is 0 Å². The molecule has 1 aromatic carbocycles. The van der Waals surface area contributed by atoms with Crippen molar-refractivity contribution in [3.05, 3.63) is 52.3 Å². The van der Waals surface area contributed by atoms with Crippen molar-refractivity contribution < 1.29 is 14.3 Å². The number of aromatic nitrogens is 3. The highest BCUT2D eigenvalue weighted by Crippen LogP contribution is 2.50. The second kappa shape index (κ2) is 8.87. The number of hydrogen-bond donors (Lipinski definition) is 1. The molecule has 1 N–H and O–H groups in total. The number of nitrogens with zero attached hydrogens (tertiary/aromatic N) is 4. The van der Waals surface area contributed by atoms with E-state index in [-0.39, 0.29) is 11.9 Å². The third-order valence-corrected chi connectivity index (χ3v) is 7.71. The maximum atomic E-state index is 13.7. The van der Waals surface area contributed by atoms with Crippen LogP contribution in [0.3, 0.4) is 0 Å². The summed E-state index contributed by atoms with van der Waals surface area (Å²) in [5.41, 5.74) is 3.46. The number of thiazole rings is 1. The van der Waals surface area contributed by atoms with Gasteiger partial charge in [-0.05, 0) is 57.1 Å². The molecule has 9 heteroatoms. The topological polar surface area (TPSA) is 89.4 Å². The lowest BCUT2D eigenvalue weighted by atomic mass is 10.1. The predicted molar refractivity (Wildman–Crippen MR) is 130 cm³/mol. The second-order valence-corrected chi connectivity index (χ2v) is 10.3. The molecule has 2 aliphatic rings. The largest absolute Gasteiger partial charge is 0.414 e. The summed E-state index contributed by atoms with van der Waals surface area (Å²) in [5.74, 6) is 1.27. The van der Waals surface area contributed by atoms with Gasteiger partial charge in [-0.1, -0.05) is 24.3 Å². The molecule has 0 radical (unpaired) electrons. The number of ether oxygens (including phenoxy) is 1. The average Bonchev–Trinajstić information content (AvgIpc) is 3.12. The number of carbonyl (C=O) groups excluding carboxylic acids is 2. The molecule has 1 saturated heterocycles. The van der Waals surface area contributed by atoms with E-state index in [4.69, 9.17) is 4.74 Å². The molecule has 1 saturated carbocycles. The molecule has 2 amide bonds. The standard InChI is InChI=1S/C25H29N5O3S/c1-5-30-21(10-15(3)28-30)33-25(32)26-12-20-19-11-17(19)13-29(20)24(31)22-23(34-16(4)27-22)18-9-7-6-8-14(18)2/h6-10,17,19-20H,5,11-13H2,1-4H3,(H,26,32)/t17-,19-,20+/m0/s1. The van der Waals surface area contributed by atoms with E-state index in [0.717, 1.165) is 33.1 Å². The Hall–Kier alpha value is -3.20. The van der Waals surface area contributed by atoms with Gasteiger partial charge in [-0.2, -0.15) is 5.10 Å². The van der Waals surface area contributed by atoms with Crippen LogP contribution >= 0.6 is 11.3 Å². The van der Waals surface area contributed by atoms with Crippen LogP contribution in [0.1, 0.15) is 40.1 Å². The third kappa shape index (κ3) is 4.20. The van der Waals surface area contributed by atoms with E-state index >= 15 is 0 Å². The van der Waals surface area contributed by atoms with Crippen LogP contribution in [-0.2, 0) is 6.54 Å². The first kappa shape index (κ1) is 22.6. The Morgan fingerprint density at radius 1 is 1.24 bits per heavy atom. The van der Waals surface area contributed by atoms with Gasteiger partial charge >= 0.3 is 6.09 Å². The molecule has 8 nitrogen and oxygen atoms in total. The molecule has 2 fully saturated rings. The van der Waals surface area contributed by atoms with Gasteiger partial charge in [-0.25, -0.2) is 14.5 Å². The lowest BCUT2D eigenvalue weighted by Gasteiger charge is -2.27. The van der Waals surface area contributed by atoms with E-state index in [9.17, 15) is 9.59 Å². The molecule has 0 bridgehead atoms. The molecule has 1 aliphatic heterocycles. The van der Waals surface area contributed by atoms with E-state index < -0.39 is 6.09 Å². The molecular weight excluding hydrogens is 450 g/mol. The summed E-state index contributed by atoms with van der Waals surface area (Å²) < 4.78 is 7.12. The molecule has 3 aromatic rings. The molecule has 0 spiro atoms. The molecule has 2 aromatic heterocycles. The molecular formula is C25H29N5O3S. The lowest BCUT2D eigenvalue weighted by Crippen LogP contribution is -2.46. The number of carbonyl (C=O) groups is 2. The van der Waals surface area contributed by atoms with Crippen LogP contribution in [0.5, 0.6) is 5.88 Å². The summed E-state index contributed by atoms with van der Waals surface area (Å²) in [6, 6.07) is 9.75. The van der Waals surface area contributed by atoms with Crippen molar-refractivity contribution in [3.8, 4) is 16.3 Å². The highest BCUT2D eigenvalue weighted by atomic mass is 32.1.